The third-order valence-electron chi connectivity index (χ3n) is 4.99. The predicted molar refractivity (Wildman–Crippen MR) is 105 cm³/mol. The van der Waals surface area contributed by atoms with Gasteiger partial charge in [-0.1, -0.05) is 20.8 Å². The summed E-state index contributed by atoms with van der Waals surface area (Å²) < 4.78 is 1.68. The molecular weight excluding hydrogens is 344 g/mol. The highest BCUT2D eigenvalue weighted by atomic mass is 32.1. The largest absolute Gasteiger partial charge is 0.313 e. The number of nitriles is 1. The summed E-state index contributed by atoms with van der Waals surface area (Å²) in [4.78, 5) is 13.5. The molecule has 26 heavy (non-hydrogen) atoms. The van der Waals surface area contributed by atoms with Crippen LogP contribution in [0.5, 0.6) is 0 Å². The van der Waals surface area contributed by atoms with E-state index in [0.29, 0.717) is 16.5 Å². The van der Waals surface area contributed by atoms with Crippen molar-refractivity contribution in [3.8, 4) is 6.07 Å². The zero-order valence-corrected chi connectivity index (χ0v) is 16.5. The molecule has 5 nitrogen and oxygen atoms in total. The van der Waals surface area contributed by atoms with Crippen molar-refractivity contribution in [1.82, 2.24) is 9.78 Å². The van der Waals surface area contributed by atoms with E-state index in [9.17, 15) is 10.1 Å². The van der Waals surface area contributed by atoms with E-state index in [1.165, 1.54) is 11.0 Å². The standard InChI is InChI=1S/C20H24N4OS/c1-20(2,3)14-6-7-15-16(10-21)19(26-17(15)9-14)23-18(25)8-5-13-11-22-24(4)12-13/h5,8,11-12,14H,6-7,9H2,1-4H3,(H,23,25). The average molecular weight is 369 g/mol. The molecule has 1 amide bonds. The number of aromatic nitrogens is 2. The minimum atomic E-state index is -0.226. The zero-order chi connectivity index (χ0) is 18.9. The number of nitrogens with zero attached hydrogens (tertiary/aromatic N) is 3. The molecule has 2 aromatic rings. The van der Waals surface area contributed by atoms with Crippen LogP contribution in [0.1, 0.15) is 48.8 Å². The third-order valence-corrected chi connectivity index (χ3v) is 6.16. The molecule has 6 heteroatoms. The van der Waals surface area contributed by atoms with Gasteiger partial charge in [0.25, 0.3) is 0 Å². The van der Waals surface area contributed by atoms with E-state index in [2.05, 4.69) is 37.3 Å². The zero-order valence-electron chi connectivity index (χ0n) is 15.7. The van der Waals surface area contributed by atoms with E-state index in [1.807, 2.05) is 13.2 Å². The molecule has 136 valence electrons. The van der Waals surface area contributed by atoms with Crippen molar-refractivity contribution < 1.29 is 4.79 Å². The second-order valence-electron chi connectivity index (χ2n) is 7.90. The normalized spacial score (nSPS) is 17.1. The minimum Gasteiger partial charge on any atom is -0.313 e. The van der Waals surface area contributed by atoms with Crippen molar-refractivity contribution >= 4 is 28.3 Å². The van der Waals surface area contributed by atoms with Crippen LogP contribution >= 0.6 is 11.3 Å². The number of anilines is 1. The van der Waals surface area contributed by atoms with Crippen LogP contribution in [0.3, 0.4) is 0 Å². The molecule has 0 fully saturated rings. The van der Waals surface area contributed by atoms with Crippen molar-refractivity contribution in [2.45, 2.75) is 40.0 Å². The van der Waals surface area contributed by atoms with Gasteiger partial charge in [0.15, 0.2) is 0 Å². The maximum Gasteiger partial charge on any atom is 0.249 e. The van der Waals surface area contributed by atoms with Crippen molar-refractivity contribution in [2.24, 2.45) is 18.4 Å². The first kappa shape index (κ1) is 18.4. The van der Waals surface area contributed by atoms with Gasteiger partial charge in [0, 0.05) is 29.8 Å². The Morgan fingerprint density at radius 2 is 2.27 bits per heavy atom. The smallest absolute Gasteiger partial charge is 0.249 e. The molecule has 0 saturated carbocycles. The van der Waals surface area contributed by atoms with Crippen molar-refractivity contribution in [3.05, 3.63) is 40.0 Å². The Morgan fingerprint density at radius 1 is 1.50 bits per heavy atom. The Balaban J connectivity index is 1.77. The average Bonchev–Trinajstić information content (AvgIpc) is 3.14. The van der Waals surface area contributed by atoms with Gasteiger partial charge in [0.2, 0.25) is 5.91 Å². The van der Waals surface area contributed by atoms with Gasteiger partial charge < -0.3 is 5.32 Å². The van der Waals surface area contributed by atoms with Gasteiger partial charge in [-0.2, -0.15) is 10.4 Å². The molecule has 1 N–H and O–H groups in total. The summed E-state index contributed by atoms with van der Waals surface area (Å²) in [6.07, 6.45) is 9.72. The van der Waals surface area contributed by atoms with Gasteiger partial charge in [0.1, 0.15) is 11.1 Å². The fraction of sp³-hybridized carbons (Fsp3) is 0.450. The van der Waals surface area contributed by atoms with E-state index >= 15 is 0 Å². The number of nitrogens with one attached hydrogen (secondary N) is 1. The van der Waals surface area contributed by atoms with Crippen LogP contribution in [-0.2, 0) is 24.7 Å². The van der Waals surface area contributed by atoms with E-state index in [0.717, 1.165) is 30.4 Å². The van der Waals surface area contributed by atoms with Crippen LogP contribution in [0, 0.1) is 22.7 Å². The van der Waals surface area contributed by atoms with Crippen LogP contribution < -0.4 is 5.32 Å². The predicted octanol–water partition coefficient (Wildman–Crippen LogP) is 4.16. The highest BCUT2D eigenvalue weighted by molar-refractivity contribution is 7.16. The van der Waals surface area contributed by atoms with Crippen molar-refractivity contribution in [2.75, 3.05) is 5.32 Å². The molecule has 0 spiro atoms. The van der Waals surface area contributed by atoms with Gasteiger partial charge >= 0.3 is 0 Å². The Bertz CT molecular complexity index is 892. The lowest BCUT2D eigenvalue weighted by atomic mass is 9.72. The number of carbonyl (C=O) groups is 1. The molecule has 1 unspecified atom stereocenters. The monoisotopic (exact) mass is 368 g/mol. The molecule has 0 radical (unpaired) electrons. The first-order valence-corrected chi connectivity index (χ1v) is 9.62. The van der Waals surface area contributed by atoms with Crippen molar-refractivity contribution in [3.63, 3.8) is 0 Å². The molecule has 1 aliphatic rings. The van der Waals surface area contributed by atoms with Crippen LogP contribution in [0.2, 0.25) is 0 Å². The van der Waals surface area contributed by atoms with E-state index in [1.54, 1.807) is 28.3 Å². The molecule has 3 rings (SSSR count). The summed E-state index contributed by atoms with van der Waals surface area (Å²) in [6.45, 7) is 6.81. The molecule has 0 saturated heterocycles. The number of amides is 1. The van der Waals surface area contributed by atoms with E-state index < -0.39 is 0 Å². The lowest BCUT2D eigenvalue weighted by Gasteiger charge is -2.33. The van der Waals surface area contributed by atoms with E-state index in [4.69, 9.17) is 0 Å². The van der Waals surface area contributed by atoms with Crippen LogP contribution in [0.25, 0.3) is 6.08 Å². The molecule has 0 bridgehead atoms. The van der Waals surface area contributed by atoms with Crippen molar-refractivity contribution in [1.29, 1.82) is 5.26 Å². The Labute approximate surface area is 158 Å². The molecule has 2 aromatic heterocycles. The SMILES string of the molecule is Cn1cc(C=CC(=O)Nc2sc3c(c2C#N)CCC(C(C)(C)C)C3)cn1. The molecular formula is C20H24N4OS. The molecule has 0 aliphatic heterocycles. The number of carbonyl (C=O) groups excluding carboxylic acids is 1. The van der Waals surface area contributed by atoms with Gasteiger partial charge in [-0.15, -0.1) is 11.3 Å². The van der Waals surface area contributed by atoms with Crippen LogP contribution in [0.4, 0.5) is 5.00 Å². The summed E-state index contributed by atoms with van der Waals surface area (Å²) in [5.74, 6) is 0.380. The Kier molecular flexibility index (Phi) is 5.01. The first-order chi connectivity index (χ1) is 12.3. The van der Waals surface area contributed by atoms with Crippen LogP contribution in [0.15, 0.2) is 18.5 Å². The number of thiophene rings is 1. The van der Waals surface area contributed by atoms with Gasteiger partial charge in [0.05, 0.1) is 11.8 Å². The van der Waals surface area contributed by atoms with Gasteiger partial charge in [-0.05, 0) is 42.2 Å². The van der Waals surface area contributed by atoms with Gasteiger partial charge in [-0.3, -0.25) is 9.48 Å². The Morgan fingerprint density at radius 3 is 2.88 bits per heavy atom. The minimum absolute atomic E-state index is 0.226. The second-order valence-corrected chi connectivity index (χ2v) is 9.00. The fourth-order valence-electron chi connectivity index (χ4n) is 3.38. The topological polar surface area (TPSA) is 70.7 Å². The first-order valence-electron chi connectivity index (χ1n) is 8.80. The quantitative estimate of drug-likeness (QED) is 0.827. The summed E-state index contributed by atoms with van der Waals surface area (Å²) in [6, 6.07) is 2.30. The fourth-order valence-corrected chi connectivity index (χ4v) is 4.66. The maximum atomic E-state index is 12.3. The van der Waals surface area contributed by atoms with Crippen LogP contribution in [-0.4, -0.2) is 15.7 Å². The Hall–Kier alpha value is -2.39. The number of rotatable bonds is 3. The second kappa shape index (κ2) is 7.08. The van der Waals surface area contributed by atoms with E-state index in [-0.39, 0.29) is 11.3 Å². The maximum absolute atomic E-state index is 12.3. The summed E-state index contributed by atoms with van der Waals surface area (Å²) in [5, 5.41) is 17.2. The molecule has 1 atom stereocenters. The lowest BCUT2D eigenvalue weighted by Crippen LogP contribution is -2.26. The highest BCUT2D eigenvalue weighted by Gasteiger charge is 2.32. The number of hydrogen-bond donors (Lipinski definition) is 1. The molecule has 1 aliphatic carbocycles. The number of aryl methyl sites for hydroxylation is 1. The molecule has 0 aromatic carbocycles. The lowest BCUT2D eigenvalue weighted by molar-refractivity contribution is -0.111. The number of fused-ring (bicyclic) bond motifs is 1. The summed E-state index contributed by atoms with van der Waals surface area (Å²) in [5.41, 5.74) is 2.89. The number of hydrogen-bond acceptors (Lipinski definition) is 4. The molecule has 2 heterocycles. The summed E-state index contributed by atoms with van der Waals surface area (Å²) >= 11 is 1.56. The third kappa shape index (κ3) is 3.88. The highest BCUT2D eigenvalue weighted by Crippen LogP contribution is 2.43. The van der Waals surface area contributed by atoms with Gasteiger partial charge in [-0.25, -0.2) is 0 Å². The summed E-state index contributed by atoms with van der Waals surface area (Å²) in [7, 11) is 1.83.